The second kappa shape index (κ2) is 7.47. The third-order valence-corrected chi connectivity index (χ3v) is 3.39. The maximum atomic E-state index is 11.6. The van der Waals surface area contributed by atoms with E-state index in [-0.39, 0.29) is 6.54 Å². The molecule has 0 aliphatic carbocycles. The zero-order valence-corrected chi connectivity index (χ0v) is 13.1. The van der Waals surface area contributed by atoms with E-state index in [1.54, 1.807) is 30.3 Å². The van der Waals surface area contributed by atoms with Crippen LogP contribution < -0.4 is 16.2 Å². The van der Waals surface area contributed by atoms with Crippen molar-refractivity contribution in [3.8, 4) is 0 Å². The third-order valence-electron chi connectivity index (χ3n) is 2.95. The molecule has 2 aromatic rings. The number of carbonyl (C=O) groups excluding carboxylic acids is 1. The predicted octanol–water partition coefficient (Wildman–Crippen LogP) is 3.12. The van der Waals surface area contributed by atoms with Crippen LogP contribution in [0.5, 0.6) is 0 Å². The van der Waals surface area contributed by atoms with E-state index in [4.69, 9.17) is 28.9 Å². The van der Waals surface area contributed by atoms with Crippen molar-refractivity contribution in [3.05, 3.63) is 64.1 Å². The first-order valence-corrected chi connectivity index (χ1v) is 7.25. The molecule has 5 nitrogen and oxygen atoms in total. The van der Waals surface area contributed by atoms with Crippen LogP contribution in [0.4, 0.5) is 10.5 Å². The summed E-state index contributed by atoms with van der Waals surface area (Å²) in [5.41, 5.74) is 9.25. The summed E-state index contributed by atoms with van der Waals surface area (Å²) >= 11 is 11.8. The molecule has 2 aromatic carbocycles. The highest BCUT2D eigenvalue weighted by Crippen LogP contribution is 2.24. The lowest BCUT2D eigenvalue weighted by atomic mass is 10.1. The number of benzene rings is 2. The van der Waals surface area contributed by atoms with Crippen LogP contribution in [-0.2, 0) is 0 Å². The minimum absolute atomic E-state index is 0.0943. The van der Waals surface area contributed by atoms with Crippen molar-refractivity contribution in [1.29, 1.82) is 0 Å². The number of nitrogens with zero attached hydrogens (tertiary/aromatic N) is 1. The fourth-order valence-corrected chi connectivity index (χ4v) is 2.45. The Morgan fingerprint density at radius 2 is 1.77 bits per heavy atom. The number of halogens is 2. The number of hydrogen-bond acceptors (Lipinski definition) is 3. The molecular weight excluding hydrogens is 325 g/mol. The molecule has 116 valence electrons. The molecule has 0 aromatic heterocycles. The van der Waals surface area contributed by atoms with Gasteiger partial charge in [-0.1, -0.05) is 53.5 Å². The normalized spacial score (nSPS) is 12.0. The maximum absolute atomic E-state index is 11.6. The molecule has 7 heteroatoms. The zero-order valence-electron chi connectivity index (χ0n) is 11.5. The van der Waals surface area contributed by atoms with Gasteiger partial charge in [0.25, 0.3) is 0 Å². The van der Waals surface area contributed by atoms with Crippen molar-refractivity contribution in [2.24, 2.45) is 5.73 Å². The van der Waals surface area contributed by atoms with E-state index in [0.29, 0.717) is 15.7 Å². The Morgan fingerprint density at radius 3 is 2.32 bits per heavy atom. The Bertz CT molecular complexity index is 632. The van der Waals surface area contributed by atoms with Gasteiger partial charge in [-0.25, -0.2) is 15.2 Å². The summed E-state index contributed by atoms with van der Waals surface area (Å²) in [4.78, 5) is 11.6. The van der Waals surface area contributed by atoms with Gasteiger partial charge >= 0.3 is 6.03 Å². The minimum Gasteiger partial charge on any atom is -0.387 e. The quantitative estimate of drug-likeness (QED) is 0.732. The van der Waals surface area contributed by atoms with Gasteiger partial charge in [-0.05, 0) is 23.8 Å². The lowest BCUT2D eigenvalue weighted by Crippen LogP contribution is -2.47. The van der Waals surface area contributed by atoms with Gasteiger partial charge in [-0.3, -0.25) is 0 Å². The summed E-state index contributed by atoms with van der Waals surface area (Å²) in [5.74, 6) is 0. The van der Waals surface area contributed by atoms with Gasteiger partial charge < -0.3 is 10.8 Å². The van der Waals surface area contributed by atoms with Crippen molar-refractivity contribution in [3.63, 3.8) is 0 Å². The Morgan fingerprint density at radius 1 is 1.18 bits per heavy atom. The lowest BCUT2D eigenvalue weighted by molar-refractivity contribution is 0.173. The first-order chi connectivity index (χ1) is 10.5. The van der Waals surface area contributed by atoms with Crippen LogP contribution in [0.3, 0.4) is 0 Å². The van der Waals surface area contributed by atoms with E-state index < -0.39 is 12.1 Å². The summed E-state index contributed by atoms with van der Waals surface area (Å²) in [7, 11) is 0. The number of aliphatic hydroxyl groups is 1. The molecule has 4 N–H and O–H groups in total. The number of hydrogen-bond donors (Lipinski definition) is 3. The fraction of sp³-hybridized carbons (Fsp3) is 0.133. The molecule has 0 fully saturated rings. The molecular formula is C15H15Cl2N3O2. The smallest absolute Gasteiger partial charge is 0.333 e. The molecule has 0 aliphatic rings. The number of nitrogens with one attached hydrogen (secondary N) is 1. The number of primary amides is 1. The van der Waals surface area contributed by atoms with E-state index in [9.17, 15) is 9.90 Å². The molecule has 0 radical (unpaired) electrons. The number of urea groups is 1. The molecule has 22 heavy (non-hydrogen) atoms. The summed E-state index contributed by atoms with van der Waals surface area (Å²) in [6.45, 7) is 0.0943. The second-order valence-corrected chi connectivity index (χ2v) is 5.46. The molecule has 0 spiro atoms. The molecule has 1 unspecified atom stereocenters. The molecule has 0 saturated heterocycles. The molecule has 0 bridgehead atoms. The number of anilines is 1. The van der Waals surface area contributed by atoms with E-state index in [2.05, 4.69) is 5.43 Å². The van der Waals surface area contributed by atoms with Crippen molar-refractivity contribution in [1.82, 2.24) is 5.43 Å². The van der Waals surface area contributed by atoms with Crippen molar-refractivity contribution < 1.29 is 9.90 Å². The summed E-state index contributed by atoms with van der Waals surface area (Å²) in [5, 5.41) is 11.9. The molecule has 2 amide bonds. The first kappa shape index (κ1) is 16.6. The topological polar surface area (TPSA) is 78.6 Å². The number of hydrazine groups is 1. The van der Waals surface area contributed by atoms with Crippen LogP contribution in [0.2, 0.25) is 10.0 Å². The van der Waals surface area contributed by atoms with Gasteiger partial charge in [-0.15, -0.1) is 0 Å². The van der Waals surface area contributed by atoms with Gasteiger partial charge in [0.15, 0.2) is 0 Å². The van der Waals surface area contributed by atoms with Gasteiger partial charge in [0.05, 0.1) is 11.8 Å². The zero-order chi connectivity index (χ0) is 16.1. The summed E-state index contributed by atoms with van der Waals surface area (Å²) < 4.78 is 0. The van der Waals surface area contributed by atoms with Crippen LogP contribution in [0, 0.1) is 0 Å². The summed E-state index contributed by atoms with van der Waals surface area (Å²) in [6.07, 6.45) is -0.794. The van der Waals surface area contributed by atoms with Crippen LogP contribution >= 0.6 is 23.2 Å². The van der Waals surface area contributed by atoms with E-state index in [0.717, 1.165) is 10.6 Å². The van der Waals surface area contributed by atoms with Gasteiger partial charge in [0, 0.05) is 16.6 Å². The Kier molecular flexibility index (Phi) is 5.63. The average molecular weight is 340 g/mol. The Labute approximate surface area is 138 Å². The SMILES string of the molecule is NC(=O)N(NCC(O)c1ccccc1)c1cc(Cl)cc(Cl)c1. The van der Waals surface area contributed by atoms with Crippen molar-refractivity contribution in [2.45, 2.75) is 6.10 Å². The molecule has 1 atom stereocenters. The maximum Gasteiger partial charge on any atom is 0.333 e. The van der Waals surface area contributed by atoms with Crippen LogP contribution in [0.15, 0.2) is 48.5 Å². The largest absolute Gasteiger partial charge is 0.387 e. The Hall–Kier alpha value is -1.79. The number of carbonyl (C=O) groups is 1. The highest BCUT2D eigenvalue weighted by molar-refractivity contribution is 6.35. The van der Waals surface area contributed by atoms with Crippen LogP contribution in [0.1, 0.15) is 11.7 Å². The highest BCUT2D eigenvalue weighted by Gasteiger charge is 2.16. The molecule has 0 aliphatic heterocycles. The second-order valence-electron chi connectivity index (χ2n) is 4.59. The first-order valence-electron chi connectivity index (χ1n) is 6.49. The monoisotopic (exact) mass is 339 g/mol. The van der Waals surface area contributed by atoms with E-state index in [1.165, 1.54) is 0 Å². The molecule has 0 saturated carbocycles. The van der Waals surface area contributed by atoms with Crippen LogP contribution in [-0.4, -0.2) is 17.7 Å². The number of nitrogens with two attached hydrogens (primary N) is 1. The van der Waals surface area contributed by atoms with E-state index >= 15 is 0 Å². The molecule has 2 rings (SSSR count). The minimum atomic E-state index is -0.794. The van der Waals surface area contributed by atoms with Gasteiger partial charge in [-0.2, -0.15) is 0 Å². The standard InChI is InChI=1S/C15H15Cl2N3O2/c16-11-6-12(17)8-13(7-11)20(15(18)22)19-9-14(21)10-4-2-1-3-5-10/h1-8,14,19,21H,9H2,(H2,18,22). The van der Waals surface area contributed by atoms with Gasteiger partial charge in [0.2, 0.25) is 0 Å². The molecule has 0 heterocycles. The Balaban J connectivity index is 2.11. The highest BCUT2D eigenvalue weighted by atomic mass is 35.5. The third kappa shape index (κ3) is 4.35. The fourth-order valence-electron chi connectivity index (χ4n) is 1.94. The summed E-state index contributed by atoms with van der Waals surface area (Å²) in [6, 6.07) is 13.0. The number of amides is 2. The van der Waals surface area contributed by atoms with Gasteiger partial charge in [0.1, 0.15) is 0 Å². The van der Waals surface area contributed by atoms with Crippen molar-refractivity contribution in [2.75, 3.05) is 11.6 Å². The van der Waals surface area contributed by atoms with Crippen LogP contribution in [0.25, 0.3) is 0 Å². The average Bonchev–Trinajstić information content (AvgIpc) is 2.47. The van der Waals surface area contributed by atoms with E-state index in [1.807, 2.05) is 18.2 Å². The van der Waals surface area contributed by atoms with Crippen molar-refractivity contribution >= 4 is 34.9 Å². The number of rotatable bonds is 5. The lowest BCUT2D eigenvalue weighted by Gasteiger charge is -2.23. The predicted molar refractivity (Wildman–Crippen MR) is 87.9 cm³/mol. The number of aliphatic hydroxyl groups excluding tert-OH is 1.